The molecule has 0 amide bonds. The van der Waals surface area contributed by atoms with Crippen LogP contribution in [0.5, 0.6) is 0 Å². The van der Waals surface area contributed by atoms with Gasteiger partial charge in [-0.3, -0.25) is 18.6 Å². The molecule has 10 nitrogen and oxygen atoms in total. The Labute approximate surface area is 305 Å². The Morgan fingerprint density at radius 3 is 0.940 bits per heavy atom. The average Bonchev–Trinajstić information content (AvgIpc) is 3.10. The molecule has 3 atom stereocenters. The highest BCUT2D eigenvalue weighted by Crippen LogP contribution is 2.43. The van der Waals surface area contributed by atoms with Gasteiger partial charge in [0.15, 0.2) is 0 Å². The van der Waals surface area contributed by atoms with Crippen LogP contribution in [0, 0.1) is 0 Å². The second kappa shape index (κ2) is 36.3. The standard InChI is InChI=1S/C39H77O10P/c1-3-5-7-9-11-13-15-17-19-21-23-25-27-29-31-39(43)47-33-37(41)35-49-50(44,45)48-34-36(40)32-46-38(42)30-28-26-24-22-20-18-16-14-12-10-8-6-4-2/h36-37,40-41H,3-35H2,1-2H3,(H,44,45)/t36-,37-/m1/s1. The van der Waals surface area contributed by atoms with E-state index in [1.165, 1.54) is 135 Å². The minimum atomic E-state index is -4.59. The third-order valence-corrected chi connectivity index (χ3v) is 9.90. The van der Waals surface area contributed by atoms with Gasteiger partial charge in [-0.25, -0.2) is 4.57 Å². The predicted octanol–water partition coefficient (Wildman–Crippen LogP) is 10.3. The maximum atomic E-state index is 12.1. The quantitative estimate of drug-likeness (QED) is 0.0316. The van der Waals surface area contributed by atoms with Gasteiger partial charge in [0.2, 0.25) is 0 Å². The van der Waals surface area contributed by atoms with Crippen LogP contribution in [-0.2, 0) is 32.7 Å². The molecule has 0 aromatic heterocycles. The number of aliphatic hydroxyl groups is 2. The Balaban J connectivity index is 3.68. The van der Waals surface area contributed by atoms with E-state index in [2.05, 4.69) is 13.8 Å². The van der Waals surface area contributed by atoms with Crippen LogP contribution >= 0.6 is 7.82 Å². The van der Waals surface area contributed by atoms with Crippen LogP contribution in [0.15, 0.2) is 0 Å². The second-order valence-corrected chi connectivity index (χ2v) is 15.5. The number of unbranched alkanes of at least 4 members (excludes halogenated alkanes) is 25. The zero-order valence-corrected chi connectivity index (χ0v) is 33.0. The Bertz CT molecular complexity index is 812. The fraction of sp³-hybridized carbons (Fsp3) is 0.949. The molecule has 0 radical (unpaired) electrons. The number of phosphoric ester groups is 1. The van der Waals surface area contributed by atoms with Crippen molar-refractivity contribution < 1.29 is 47.8 Å². The number of carbonyl (C=O) groups excluding carboxylic acids is 2. The largest absolute Gasteiger partial charge is 0.472 e. The fourth-order valence-electron chi connectivity index (χ4n) is 5.77. The normalized spacial score (nSPS) is 13.9. The zero-order chi connectivity index (χ0) is 37.0. The summed E-state index contributed by atoms with van der Waals surface area (Å²) in [6.45, 7) is 2.56. The Hall–Kier alpha value is -1.03. The summed E-state index contributed by atoms with van der Waals surface area (Å²) in [5.41, 5.74) is 0. The lowest BCUT2D eigenvalue weighted by Crippen LogP contribution is -2.25. The van der Waals surface area contributed by atoms with Crippen LogP contribution in [0.4, 0.5) is 0 Å². The molecule has 3 N–H and O–H groups in total. The van der Waals surface area contributed by atoms with Crippen molar-refractivity contribution in [2.24, 2.45) is 0 Å². The summed E-state index contributed by atoms with van der Waals surface area (Å²) in [6.07, 6.45) is 30.9. The molecule has 0 saturated carbocycles. The molecule has 0 saturated heterocycles. The highest BCUT2D eigenvalue weighted by atomic mass is 31.2. The van der Waals surface area contributed by atoms with E-state index in [1.807, 2.05) is 0 Å². The van der Waals surface area contributed by atoms with Crippen LogP contribution in [0.1, 0.15) is 200 Å². The van der Waals surface area contributed by atoms with Crippen molar-refractivity contribution in [3.05, 3.63) is 0 Å². The smallest absolute Gasteiger partial charge is 0.463 e. The lowest BCUT2D eigenvalue weighted by atomic mass is 10.0. The van der Waals surface area contributed by atoms with E-state index in [1.54, 1.807) is 0 Å². The van der Waals surface area contributed by atoms with Crippen molar-refractivity contribution in [1.82, 2.24) is 0 Å². The molecular formula is C39H77O10P. The summed E-state index contributed by atoms with van der Waals surface area (Å²) in [6, 6.07) is 0. The number of phosphoric acid groups is 1. The van der Waals surface area contributed by atoms with Gasteiger partial charge in [0.25, 0.3) is 0 Å². The van der Waals surface area contributed by atoms with Crippen molar-refractivity contribution in [1.29, 1.82) is 0 Å². The molecule has 0 aliphatic carbocycles. The van der Waals surface area contributed by atoms with Gasteiger partial charge in [0.1, 0.15) is 25.4 Å². The van der Waals surface area contributed by atoms with Crippen molar-refractivity contribution in [3.63, 3.8) is 0 Å². The van der Waals surface area contributed by atoms with Crippen LogP contribution in [0.25, 0.3) is 0 Å². The molecule has 0 aliphatic rings. The van der Waals surface area contributed by atoms with Gasteiger partial charge < -0.3 is 24.6 Å². The number of hydrogen-bond donors (Lipinski definition) is 3. The molecule has 50 heavy (non-hydrogen) atoms. The molecule has 0 rings (SSSR count). The highest BCUT2D eigenvalue weighted by Gasteiger charge is 2.25. The van der Waals surface area contributed by atoms with Crippen LogP contribution < -0.4 is 0 Å². The fourth-order valence-corrected chi connectivity index (χ4v) is 6.56. The summed E-state index contributed by atoms with van der Waals surface area (Å²) < 4.78 is 31.7. The summed E-state index contributed by atoms with van der Waals surface area (Å²) in [4.78, 5) is 33.7. The van der Waals surface area contributed by atoms with Gasteiger partial charge in [0.05, 0.1) is 13.2 Å². The van der Waals surface area contributed by atoms with Crippen LogP contribution in [0.2, 0.25) is 0 Å². The van der Waals surface area contributed by atoms with Crippen molar-refractivity contribution in [2.75, 3.05) is 26.4 Å². The topological polar surface area (TPSA) is 149 Å². The Morgan fingerprint density at radius 2 is 0.680 bits per heavy atom. The number of aliphatic hydroxyl groups excluding tert-OH is 2. The highest BCUT2D eigenvalue weighted by molar-refractivity contribution is 7.47. The SMILES string of the molecule is CCCCCCCCCCCCCCCCC(=O)OC[C@@H](O)COP(=O)(O)OC[C@H](O)COC(=O)CCCCCCCCCCCCCCC. The van der Waals surface area contributed by atoms with E-state index < -0.39 is 45.2 Å². The summed E-state index contributed by atoms with van der Waals surface area (Å²) >= 11 is 0. The van der Waals surface area contributed by atoms with Crippen LogP contribution in [0.3, 0.4) is 0 Å². The minimum absolute atomic E-state index is 0.259. The van der Waals surface area contributed by atoms with E-state index in [0.29, 0.717) is 0 Å². The van der Waals surface area contributed by atoms with Crippen molar-refractivity contribution >= 4 is 19.8 Å². The molecule has 0 aromatic carbocycles. The molecule has 298 valence electrons. The number of esters is 2. The summed E-state index contributed by atoms with van der Waals surface area (Å²) in [5.74, 6) is -0.865. The number of rotatable bonds is 39. The monoisotopic (exact) mass is 737 g/mol. The lowest BCUT2D eigenvalue weighted by molar-refractivity contribution is -0.147. The molecular weight excluding hydrogens is 659 g/mol. The molecule has 0 aromatic rings. The summed E-state index contributed by atoms with van der Waals surface area (Å²) in [7, 11) is -4.59. The minimum Gasteiger partial charge on any atom is -0.463 e. The first-order valence-corrected chi connectivity index (χ1v) is 22.0. The van der Waals surface area contributed by atoms with Gasteiger partial charge >= 0.3 is 19.8 Å². The van der Waals surface area contributed by atoms with E-state index in [9.17, 15) is 29.3 Å². The van der Waals surface area contributed by atoms with Crippen LogP contribution in [-0.4, -0.2) is 65.7 Å². The molecule has 0 aliphatic heterocycles. The molecule has 11 heteroatoms. The third kappa shape index (κ3) is 36.8. The first-order valence-electron chi connectivity index (χ1n) is 20.5. The van der Waals surface area contributed by atoms with Gasteiger partial charge in [0, 0.05) is 12.8 Å². The number of hydrogen-bond acceptors (Lipinski definition) is 9. The third-order valence-electron chi connectivity index (χ3n) is 8.95. The van der Waals surface area contributed by atoms with E-state index in [0.717, 1.165) is 38.5 Å². The van der Waals surface area contributed by atoms with Crippen molar-refractivity contribution in [3.8, 4) is 0 Å². The van der Waals surface area contributed by atoms with Crippen molar-refractivity contribution in [2.45, 2.75) is 212 Å². The Kier molecular flexibility index (Phi) is 35.6. The summed E-state index contributed by atoms with van der Waals surface area (Å²) in [5, 5.41) is 19.9. The first kappa shape index (κ1) is 49.0. The van der Waals surface area contributed by atoms with Gasteiger partial charge in [-0.2, -0.15) is 0 Å². The van der Waals surface area contributed by atoms with E-state index in [4.69, 9.17) is 18.5 Å². The molecule has 1 unspecified atom stereocenters. The zero-order valence-electron chi connectivity index (χ0n) is 32.1. The molecule has 0 bridgehead atoms. The number of carbonyl (C=O) groups is 2. The number of ether oxygens (including phenoxy) is 2. The Morgan fingerprint density at radius 1 is 0.440 bits per heavy atom. The maximum Gasteiger partial charge on any atom is 0.472 e. The van der Waals surface area contributed by atoms with Gasteiger partial charge in [-0.15, -0.1) is 0 Å². The van der Waals surface area contributed by atoms with Gasteiger partial charge in [-0.1, -0.05) is 174 Å². The first-order chi connectivity index (χ1) is 24.2. The lowest BCUT2D eigenvalue weighted by Gasteiger charge is -2.17. The molecule has 0 heterocycles. The maximum absolute atomic E-state index is 12.1. The van der Waals surface area contributed by atoms with Gasteiger partial charge in [-0.05, 0) is 12.8 Å². The molecule has 0 fully saturated rings. The molecule has 0 spiro atoms. The van der Waals surface area contributed by atoms with E-state index in [-0.39, 0.29) is 26.1 Å². The average molecular weight is 737 g/mol. The predicted molar refractivity (Wildman–Crippen MR) is 201 cm³/mol. The second-order valence-electron chi connectivity index (χ2n) is 14.1. The van der Waals surface area contributed by atoms with E-state index >= 15 is 0 Å².